The van der Waals surface area contributed by atoms with E-state index in [1.165, 1.54) is 12.1 Å². The van der Waals surface area contributed by atoms with Crippen molar-refractivity contribution in [3.63, 3.8) is 0 Å². The van der Waals surface area contributed by atoms with Crippen molar-refractivity contribution in [3.05, 3.63) is 79.9 Å². The SMILES string of the molecule is Cl.Cl.O=[N+]([O-])c1ccccc1CNCC1CCCC(CNCc2ccccc2[N+](=O)[O-])C1. The summed E-state index contributed by atoms with van der Waals surface area (Å²) in [6, 6.07) is 13.7. The van der Waals surface area contributed by atoms with Gasteiger partial charge in [0.2, 0.25) is 0 Å². The summed E-state index contributed by atoms with van der Waals surface area (Å²) in [6.07, 6.45) is 4.57. The lowest BCUT2D eigenvalue weighted by Gasteiger charge is -2.29. The highest BCUT2D eigenvalue weighted by Gasteiger charge is 2.22. The van der Waals surface area contributed by atoms with E-state index in [4.69, 9.17) is 0 Å². The third-order valence-corrected chi connectivity index (χ3v) is 5.76. The highest BCUT2D eigenvalue weighted by molar-refractivity contribution is 5.85. The number of benzene rings is 2. The molecule has 8 nitrogen and oxygen atoms in total. The zero-order valence-electron chi connectivity index (χ0n) is 17.8. The molecule has 0 saturated heterocycles. The van der Waals surface area contributed by atoms with Crippen LogP contribution in [0.4, 0.5) is 11.4 Å². The van der Waals surface area contributed by atoms with E-state index in [0.717, 1.165) is 38.8 Å². The van der Waals surface area contributed by atoms with Crippen LogP contribution in [0.2, 0.25) is 0 Å². The number of nitro benzene ring substituents is 2. The van der Waals surface area contributed by atoms with Crippen LogP contribution in [-0.2, 0) is 13.1 Å². The molecular formula is C22H30Cl2N4O4. The first-order chi connectivity index (χ1) is 14.5. The largest absolute Gasteiger partial charge is 0.312 e. The predicted molar refractivity (Wildman–Crippen MR) is 130 cm³/mol. The predicted octanol–water partition coefficient (Wildman–Crippen LogP) is 5.03. The van der Waals surface area contributed by atoms with Gasteiger partial charge in [0.05, 0.1) is 9.85 Å². The number of hydrogen-bond donors (Lipinski definition) is 2. The zero-order valence-corrected chi connectivity index (χ0v) is 19.4. The van der Waals surface area contributed by atoms with Crippen LogP contribution < -0.4 is 10.6 Å². The number of nitrogens with zero attached hydrogens (tertiary/aromatic N) is 2. The van der Waals surface area contributed by atoms with Crippen molar-refractivity contribution >= 4 is 36.2 Å². The standard InChI is InChI=1S/C22H28N4O4.2ClH/c27-25(28)21-10-3-1-8-19(21)15-23-13-17-6-5-7-18(12-17)14-24-16-20-9-2-4-11-22(20)26(29)30;;/h1-4,8-11,17-18,23-24H,5-7,12-16H2;2*1H. The second kappa shape index (κ2) is 14.0. The average Bonchev–Trinajstić information content (AvgIpc) is 2.74. The van der Waals surface area contributed by atoms with Crippen molar-refractivity contribution in [2.24, 2.45) is 11.8 Å². The monoisotopic (exact) mass is 484 g/mol. The molecule has 32 heavy (non-hydrogen) atoms. The summed E-state index contributed by atoms with van der Waals surface area (Å²) in [4.78, 5) is 21.6. The third-order valence-electron chi connectivity index (χ3n) is 5.76. The Morgan fingerprint density at radius 2 is 1.16 bits per heavy atom. The van der Waals surface area contributed by atoms with Crippen LogP contribution in [0.25, 0.3) is 0 Å². The van der Waals surface area contributed by atoms with Crippen LogP contribution in [-0.4, -0.2) is 22.9 Å². The van der Waals surface area contributed by atoms with Gasteiger partial charge in [-0.1, -0.05) is 42.8 Å². The number of hydrogen-bond acceptors (Lipinski definition) is 6. The van der Waals surface area contributed by atoms with Gasteiger partial charge in [-0.25, -0.2) is 0 Å². The molecule has 1 fully saturated rings. The van der Waals surface area contributed by atoms with Crippen molar-refractivity contribution in [1.82, 2.24) is 10.6 Å². The summed E-state index contributed by atoms with van der Waals surface area (Å²) in [6.45, 7) is 2.67. The van der Waals surface area contributed by atoms with Crippen LogP contribution >= 0.6 is 24.8 Å². The molecule has 0 aromatic heterocycles. The molecule has 1 aliphatic carbocycles. The molecular weight excluding hydrogens is 455 g/mol. The second-order valence-electron chi connectivity index (χ2n) is 7.93. The Morgan fingerprint density at radius 3 is 1.56 bits per heavy atom. The molecule has 0 radical (unpaired) electrons. The Hall–Kier alpha value is -2.26. The molecule has 176 valence electrons. The maximum atomic E-state index is 11.1. The molecule has 1 aliphatic rings. The maximum absolute atomic E-state index is 11.1. The maximum Gasteiger partial charge on any atom is 0.273 e. The fourth-order valence-corrected chi connectivity index (χ4v) is 4.27. The number of rotatable bonds is 10. The molecule has 3 rings (SSSR count). The number of para-hydroxylation sites is 2. The third kappa shape index (κ3) is 8.02. The van der Waals surface area contributed by atoms with Gasteiger partial charge >= 0.3 is 0 Å². The molecule has 1 saturated carbocycles. The van der Waals surface area contributed by atoms with Crippen molar-refractivity contribution in [2.75, 3.05) is 13.1 Å². The van der Waals surface area contributed by atoms with Crippen LogP contribution in [0.3, 0.4) is 0 Å². The number of nitrogens with one attached hydrogen (secondary N) is 2. The molecule has 2 N–H and O–H groups in total. The topological polar surface area (TPSA) is 110 Å². The first-order valence-corrected chi connectivity index (χ1v) is 10.4. The van der Waals surface area contributed by atoms with E-state index in [0.29, 0.717) is 36.1 Å². The molecule has 2 atom stereocenters. The molecule has 10 heteroatoms. The number of halogens is 2. The van der Waals surface area contributed by atoms with Crippen LogP contribution in [0.15, 0.2) is 48.5 Å². The second-order valence-corrected chi connectivity index (χ2v) is 7.93. The molecule has 2 aromatic rings. The minimum absolute atomic E-state index is 0. The van der Waals surface area contributed by atoms with Crippen LogP contribution in [0.5, 0.6) is 0 Å². The zero-order chi connectivity index (χ0) is 21.3. The minimum Gasteiger partial charge on any atom is -0.312 e. The lowest BCUT2D eigenvalue weighted by molar-refractivity contribution is -0.385. The summed E-state index contributed by atoms with van der Waals surface area (Å²) < 4.78 is 0. The molecule has 0 aliphatic heterocycles. The molecule has 0 heterocycles. The highest BCUT2D eigenvalue weighted by atomic mass is 35.5. The Morgan fingerprint density at radius 1 is 0.750 bits per heavy atom. The van der Waals surface area contributed by atoms with Crippen molar-refractivity contribution in [1.29, 1.82) is 0 Å². The molecule has 0 spiro atoms. The summed E-state index contributed by atoms with van der Waals surface area (Å²) in [5, 5.41) is 29.0. The summed E-state index contributed by atoms with van der Waals surface area (Å²) in [7, 11) is 0. The van der Waals surface area contributed by atoms with Gasteiger partial charge in [-0.2, -0.15) is 0 Å². The van der Waals surface area contributed by atoms with E-state index in [1.807, 2.05) is 12.1 Å². The van der Waals surface area contributed by atoms with Gasteiger partial charge in [0, 0.05) is 36.3 Å². The Balaban J connectivity index is 0.00000256. The highest BCUT2D eigenvalue weighted by Crippen LogP contribution is 2.28. The van der Waals surface area contributed by atoms with Crippen LogP contribution in [0, 0.1) is 32.1 Å². The van der Waals surface area contributed by atoms with E-state index in [2.05, 4.69) is 10.6 Å². The summed E-state index contributed by atoms with van der Waals surface area (Å²) >= 11 is 0. The van der Waals surface area contributed by atoms with Gasteiger partial charge < -0.3 is 10.6 Å². The van der Waals surface area contributed by atoms with E-state index in [9.17, 15) is 20.2 Å². The fraction of sp³-hybridized carbons (Fsp3) is 0.455. The Labute approximate surface area is 200 Å². The van der Waals surface area contributed by atoms with Gasteiger partial charge in [-0.05, 0) is 44.2 Å². The van der Waals surface area contributed by atoms with Crippen molar-refractivity contribution in [2.45, 2.75) is 38.8 Å². The minimum atomic E-state index is -0.337. The van der Waals surface area contributed by atoms with Gasteiger partial charge in [0.15, 0.2) is 0 Å². The normalized spacial score (nSPS) is 17.6. The first-order valence-electron chi connectivity index (χ1n) is 10.4. The lowest BCUT2D eigenvalue weighted by Crippen LogP contribution is -2.31. The quantitative estimate of drug-likeness (QED) is 0.361. The van der Waals surface area contributed by atoms with Gasteiger partial charge in [-0.15, -0.1) is 24.8 Å². The van der Waals surface area contributed by atoms with Gasteiger partial charge in [-0.3, -0.25) is 20.2 Å². The van der Waals surface area contributed by atoms with Gasteiger partial charge in [0.25, 0.3) is 11.4 Å². The van der Waals surface area contributed by atoms with E-state index < -0.39 is 0 Å². The number of nitro groups is 2. The lowest BCUT2D eigenvalue weighted by atomic mass is 9.81. The molecule has 0 amide bonds. The average molecular weight is 485 g/mol. The van der Waals surface area contributed by atoms with Crippen molar-refractivity contribution in [3.8, 4) is 0 Å². The van der Waals surface area contributed by atoms with E-state index in [1.54, 1.807) is 24.3 Å². The summed E-state index contributed by atoms with van der Waals surface area (Å²) in [5.74, 6) is 1.08. The summed E-state index contributed by atoms with van der Waals surface area (Å²) in [5.41, 5.74) is 1.73. The van der Waals surface area contributed by atoms with Gasteiger partial charge in [0.1, 0.15) is 0 Å². The fourth-order valence-electron chi connectivity index (χ4n) is 4.27. The molecule has 2 aromatic carbocycles. The smallest absolute Gasteiger partial charge is 0.273 e. The van der Waals surface area contributed by atoms with E-state index >= 15 is 0 Å². The molecule has 2 unspecified atom stereocenters. The van der Waals surface area contributed by atoms with Crippen molar-refractivity contribution < 1.29 is 9.85 Å². The van der Waals surface area contributed by atoms with E-state index in [-0.39, 0.29) is 46.0 Å². The first kappa shape index (κ1) is 27.8. The van der Waals surface area contributed by atoms with Crippen LogP contribution in [0.1, 0.15) is 36.8 Å². The Bertz CT molecular complexity index is 815. The Kier molecular flexibility index (Phi) is 12.2. The molecule has 0 bridgehead atoms.